The zero-order valence-corrected chi connectivity index (χ0v) is 10.2. The predicted octanol–water partition coefficient (Wildman–Crippen LogP) is -1.69. The standard InChI is InChI=1S/C7H16N2O4S2/c1-14(10,11)4-5-15(12,13)9-7-2-3-8-6-7/h7-9H,2-6H2,1H3/t7-/m0/s1. The Labute approximate surface area is 90.4 Å². The molecule has 0 aromatic carbocycles. The quantitative estimate of drug-likeness (QED) is 0.612. The van der Waals surface area contributed by atoms with Crippen molar-refractivity contribution in [1.82, 2.24) is 10.0 Å². The van der Waals surface area contributed by atoms with Crippen LogP contribution in [0.25, 0.3) is 0 Å². The molecule has 1 heterocycles. The molecule has 1 atom stereocenters. The fourth-order valence-corrected chi connectivity index (χ4v) is 4.24. The predicted molar refractivity (Wildman–Crippen MR) is 57.9 cm³/mol. The lowest BCUT2D eigenvalue weighted by atomic mass is 10.3. The highest BCUT2D eigenvalue weighted by Crippen LogP contribution is 2.00. The molecule has 0 aromatic heterocycles. The van der Waals surface area contributed by atoms with E-state index in [1.807, 2.05) is 0 Å². The highest BCUT2D eigenvalue weighted by atomic mass is 32.2. The summed E-state index contributed by atoms with van der Waals surface area (Å²) in [6.45, 7) is 1.40. The third kappa shape index (κ3) is 5.45. The van der Waals surface area contributed by atoms with Crippen molar-refractivity contribution in [2.75, 3.05) is 30.9 Å². The van der Waals surface area contributed by atoms with E-state index >= 15 is 0 Å². The summed E-state index contributed by atoms with van der Waals surface area (Å²) < 4.78 is 47.0. The Morgan fingerprint density at radius 1 is 1.27 bits per heavy atom. The molecule has 0 bridgehead atoms. The van der Waals surface area contributed by atoms with Gasteiger partial charge in [-0.2, -0.15) is 0 Å². The van der Waals surface area contributed by atoms with Crippen molar-refractivity contribution in [3.8, 4) is 0 Å². The lowest BCUT2D eigenvalue weighted by Crippen LogP contribution is -2.38. The van der Waals surface area contributed by atoms with Crippen molar-refractivity contribution in [2.24, 2.45) is 0 Å². The second-order valence-corrected chi connectivity index (χ2v) is 7.89. The highest BCUT2D eigenvalue weighted by Gasteiger charge is 2.21. The van der Waals surface area contributed by atoms with Crippen LogP contribution in [0.3, 0.4) is 0 Å². The monoisotopic (exact) mass is 256 g/mol. The normalized spacial score (nSPS) is 23.1. The molecule has 1 fully saturated rings. The van der Waals surface area contributed by atoms with Crippen LogP contribution < -0.4 is 10.0 Å². The second-order valence-electron chi connectivity index (χ2n) is 3.76. The largest absolute Gasteiger partial charge is 0.315 e. The Kier molecular flexibility index (Phi) is 4.10. The highest BCUT2D eigenvalue weighted by molar-refractivity contribution is 7.93. The Bertz CT molecular complexity index is 395. The average molecular weight is 256 g/mol. The summed E-state index contributed by atoms with van der Waals surface area (Å²) in [4.78, 5) is 0. The minimum absolute atomic E-state index is 0.102. The average Bonchev–Trinajstić information content (AvgIpc) is 2.52. The van der Waals surface area contributed by atoms with Gasteiger partial charge in [0.25, 0.3) is 0 Å². The summed E-state index contributed by atoms with van der Waals surface area (Å²) in [6, 6.07) is -0.102. The molecule has 90 valence electrons. The van der Waals surface area contributed by atoms with Crippen LogP contribution in [0.2, 0.25) is 0 Å². The van der Waals surface area contributed by atoms with Gasteiger partial charge in [0.15, 0.2) is 0 Å². The van der Waals surface area contributed by atoms with Gasteiger partial charge in [0.1, 0.15) is 9.84 Å². The molecule has 0 saturated carbocycles. The van der Waals surface area contributed by atoms with E-state index in [4.69, 9.17) is 0 Å². The molecular formula is C7H16N2O4S2. The van der Waals surface area contributed by atoms with Crippen LogP contribution in [0.4, 0.5) is 0 Å². The van der Waals surface area contributed by atoms with Crippen LogP contribution in [0, 0.1) is 0 Å². The van der Waals surface area contributed by atoms with Crippen molar-refractivity contribution in [2.45, 2.75) is 12.5 Å². The Morgan fingerprint density at radius 3 is 2.40 bits per heavy atom. The number of sulfone groups is 1. The number of nitrogens with one attached hydrogen (secondary N) is 2. The lowest BCUT2D eigenvalue weighted by Gasteiger charge is -2.11. The van der Waals surface area contributed by atoms with E-state index in [1.165, 1.54) is 0 Å². The Morgan fingerprint density at radius 2 is 1.93 bits per heavy atom. The molecule has 2 N–H and O–H groups in total. The molecule has 15 heavy (non-hydrogen) atoms. The van der Waals surface area contributed by atoms with Gasteiger partial charge < -0.3 is 5.32 Å². The van der Waals surface area contributed by atoms with E-state index < -0.39 is 19.9 Å². The van der Waals surface area contributed by atoms with Crippen molar-refractivity contribution in [3.05, 3.63) is 0 Å². The maximum absolute atomic E-state index is 11.4. The van der Waals surface area contributed by atoms with E-state index in [2.05, 4.69) is 10.0 Å². The number of rotatable bonds is 5. The van der Waals surface area contributed by atoms with E-state index in [9.17, 15) is 16.8 Å². The fourth-order valence-electron chi connectivity index (χ4n) is 1.33. The molecule has 0 aromatic rings. The van der Waals surface area contributed by atoms with E-state index in [-0.39, 0.29) is 17.5 Å². The van der Waals surface area contributed by atoms with Crippen molar-refractivity contribution >= 4 is 19.9 Å². The van der Waals surface area contributed by atoms with Crippen molar-refractivity contribution < 1.29 is 16.8 Å². The molecule has 6 nitrogen and oxygen atoms in total. The first-order chi connectivity index (χ1) is 6.79. The van der Waals surface area contributed by atoms with E-state index in [0.29, 0.717) is 6.54 Å². The van der Waals surface area contributed by atoms with Gasteiger partial charge in [-0.1, -0.05) is 0 Å². The van der Waals surface area contributed by atoms with E-state index in [0.717, 1.165) is 19.2 Å². The number of sulfonamides is 1. The summed E-state index contributed by atoms with van der Waals surface area (Å²) in [5.74, 6) is -0.690. The Hall–Kier alpha value is -0.180. The van der Waals surface area contributed by atoms with Crippen molar-refractivity contribution in [1.29, 1.82) is 0 Å². The van der Waals surface area contributed by atoms with Gasteiger partial charge in [-0.25, -0.2) is 21.6 Å². The third-order valence-electron chi connectivity index (χ3n) is 2.13. The van der Waals surface area contributed by atoms with Gasteiger partial charge in [0.2, 0.25) is 10.0 Å². The molecule has 0 aliphatic carbocycles. The van der Waals surface area contributed by atoms with Crippen LogP contribution in [0.1, 0.15) is 6.42 Å². The summed E-state index contributed by atoms with van der Waals surface area (Å²) in [5.41, 5.74) is 0. The summed E-state index contributed by atoms with van der Waals surface area (Å²) in [7, 11) is -6.69. The van der Waals surface area contributed by atoms with Crippen LogP contribution in [-0.2, 0) is 19.9 Å². The van der Waals surface area contributed by atoms with Crippen LogP contribution in [-0.4, -0.2) is 53.7 Å². The molecule has 0 spiro atoms. The summed E-state index contributed by atoms with van der Waals surface area (Å²) >= 11 is 0. The zero-order chi connectivity index (χ0) is 11.5. The van der Waals surface area contributed by atoms with Crippen LogP contribution in [0.15, 0.2) is 0 Å². The van der Waals surface area contributed by atoms with Crippen molar-refractivity contribution in [3.63, 3.8) is 0 Å². The SMILES string of the molecule is CS(=O)(=O)CCS(=O)(=O)N[C@H]1CCNC1. The smallest absolute Gasteiger partial charge is 0.212 e. The summed E-state index contributed by atoms with van der Waals surface area (Å²) in [5, 5.41) is 3.02. The molecule has 0 radical (unpaired) electrons. The third-order valence-corrected chi connectivity index (χ3v) is 4.77. The van der Waals surface area contributed by atoms with Gasteiger partial charge in [-0.15, -0.1) is 0 Å². The van der Waals surface area contributed by atoms with Gasteiger partial charge in [-0.3, -0.25) is 0 Å². The fraction of sp³-hybridized carbons (Fsp3) is 1.00. The second kappa shape index (κ2) is 4.77. The summed E-state index contributed by atoms with van der Waals surface area (Å²) in [6.07, 6.45) is 1.78. The van der Waals surface area contributed by atoms with Gasteiger partial charge in [-0.05, 0) is 13.0 Å². The molecule has 0 amide bonds. The zero-order valence-electron chi connectivity index (χ0n) is 8.56. The van der Waals surface area contributed by atoms with E-state index in [1.54, 1.807) is 0 Å². The molecule has 8 heteroatoms. The maximum atomic E-state index is 11.4. The molecule has 1 aliphatic rings. The molecule has 1 rings (SSSR count). The maximum Gasteiger partial charge on any atom is 0.212 e. The number of hydrogen-bond donors (Lipinski definition) is 2. The molecule has 1 aliphatic heterocycles. The van der Waals surface area contributed by atoms with Gasteiger partial charge in [0, 0.05) is 18.8 Å². The van der Waals surface area contributed by atoms with Crippen LogP contribution >= 0.6 is 0 Å². The van der Waals surface area contributed by atoms with Crippen LogP contribution in [0.5, 0.6) is 0 Å². The lowest BCUT2D eigenvalue weighted by molar-refractivity contribution is 0.559. The minimum Gasteiger partial charge on any atom is -0.315 e. The molecule has 0 unspecified atom stereocenters. The minimum atomic E-state index is -3.47. The molecular weight excluding hydrogens is 240 g/mol. The first-order valence-electron chi connectivity index (χ1n) is 4.67. The number of hydrogen-bond acceptors (Lipinski definition) is 5. The molecule has 1 saturated heterocycles. The topological polar surface area (TPSA) is 92.3 Å². The first kappa shape index (κ1) is 12.9. The van der Waals surface area contributed by atoms with Gasteiger partial charge >= 0.3 is 0 Å². The Balaban J connectivity index is 2.45. The first-order valence-corrected chi connectivity index (χ1v) is 8.38. The van der Waals surface area contributed by atoms with Gasteiger partial charge in [0.05, 0.1) is 11.5 Å².